The highest BCUT2D eigenvalue weighted by atomic mass is 16.1. The largest absolute Gasteiger partial charge is 0.322 e. The van der Waals surface area contributed by atoms with Crippen LogP contribution in [0.15, 0.2) is 61.2 Å². The Morgan fingerprint density at radius 2 is 2.00 bits per heavy atom. The molecule has 3 aromatic rings. The van der Waals surface area contributed by atoms with Crippen LogP contribution in [0.2, 0.25) is 0 Å². The summed E-state index contributed by atoms with van der Waals surface area (Å²) in [4.78, 5) is 16.3. The molecular formula is C19H22N4O. The molecule has 0 atom stereocenters. The minimum absolute atomic E-state index is 0. The van der Waals surface area contributed by atoms with Gasteiger partial charge in [-0.3, -0.25) is 4.79 Å². The first-order chi connectivity index (χ1) is 11.7. The molecule has 0 saturated carbocycles. The minimum atomic E-state index is -0.0861. The van der Waals surface area contributed by atoms with E-state index < -0.39 is 0 Å². The van der Waals surface area contributed by atoms with Crippen LogP contribution in [0.3, 0.4) is 0 Å². The Bertz CT molecular complexity index is 801. The van der Waals surface area contributed by atoms with Gasteiger partial charge in [-0.05, 0) is 41.8 Å². The molecule has 1 aromatic heterocycles. The number of rotatable bonds is 6. The highest BCUT2D eigenvalue weighted by Crippen LogP contribution is 2.13. The molecular weight excluding hydrogens is 300 g/mol. The summed E-state index contributed by atoms with van der Waals surface area (Å²) in [7, 11) is 0. The normalized spacial score (nSPS) is 10.5. The van der Waals surface area contributed by atoms with Gasteiger partial charge in [-0.25, -0.2) is 9.67 Å². The highest BCUT2D eigenvalue weighted by Gasteiger charge is 2.07. The average molecular weight is 322 g/mol. The van der Waals surface area contributed by atoms with Crippen molar-refractivity contribution < 1.29 is 6.22 Å². The highest BCUT2D eigenvalue weighted by molar-refractivity contribution is 6.04. The number of nitrogens with zero attached hydrogens (tertiary/aromatic N) is 3. The molecule has 5 nitrogen and oxygen atoms in total. The van der Waals surface area contributed by atoms with Crippen LogP contribution in [0.5, 0.6) is 0 Å². The van der Waals surface area contributed by atoms with E-state index in [0.29, 0.717) is 12.1 Å². The molecule has 5 heteroatoms. The van der Waals surface area contributed by atoms with Crippen LogP contribution < -0.4 is 5.32 Å². The number of benzene rings is 2. The third-order valence-electron chi connectivity index (χ3n) is 3.75. The molecule has 2 aromatic carbocycles. The van der Waals surface area contributed by atoms with Gasteiger partial charge in [0, 0.05) is 12.7 Å². The molecule has 1 amide bonds. The van der Waals surface area contributed by atoms with Gasteiger partial charge < -0.3 is 5.32 Å². The van der Waals surface area contributed by atoms with Crippen LogP contribution in [0, 0.1) is 0 Å². The van der Waals surface area contributed by atoms with E-state index in [4.69, 9.17) is 0 Å². The summed E-state index contributed by atoms with van der Waals surface area (Å²) in [6.07, 6.45) is 5.25. The lowest BCUT2D eigenvalue weighted by molar-refractivity contribution is 0.102. The maximum atomic E-state index is 12.4. The van der Waals surface area contributed by atoms with Crippen LogP contribution in [-0.2, 0) is 13.0 Å². The second kappa shape index (κ2) is 7.55. The summed E-state index contributed by atoms with van der Waals surface area (Å²) in [5.41, 5.74) is 3.76. The first-order valence-electron chi connectivity index (χ1n) is 8.06. The van der Waals surface area contributed by atoms with E-state index in [0.717, 1.165) is 24.1 Å². The SMILES string of the molecule is CCCc1cccc(C(=O)Nc2ccc(Cn3cncn3)cc2)c1.[HH]. The lowest BCUT2D eigenvalue weighted by Crippen LogP contribution is -2.12. The lowest BCUT2D eigenvalue weighted by atomic mass is 10.1. The topological polar surface area (TPSA) is 59.8 Å². The number of carbonyl (C=O) groups is 1. The monoisotopic (exact) mass is 322 g/mol. The van der Waals surface area contributed by atoms with Crippen molar-refractivity contribution in [3.63, 3.8) is 0 Å². The van der Waals surface area contributed by atoms with Gasteiger partial charge in [-0.15, -0.1) is 0 Å². The zero-order valence-electron chi connectivity index (χ0n) is 13.6. The molecule has 0 aliphatic carbocycles. The molecule has 0 radical (unpaired) electrons. The Morgan fingerprint density at radius 1 is 1.17 bits per heavy atom. The van der Waals surface area contributed by atoms with Crippen molar-refractivity contribution in [1.29, 1.82) is 0 Å². The number of nitrogens with one attached hydrogen (secondary N) is 1. The standard InChI is InChI=1S/C19H20N4O.H2/c1-2-4-15-5-3-6-17(11-15)19(24)22-18-9-7-16(8-10-18)12-23-14-20-13-21-23;/h3,5-11,13-14H,2,4,12H2,1H3,(H,22,24);1H. The van der Waals surface area contributed by atoms with Crippen molar-refractivity contribution in [1.82, 2.24) is 14.8 Å². The van der Waals surface area contributed by atoms with E-state index in [1.165, 1.54) is 11.9 Å². The smallest absolute Gasteiger partial charge is 0.255 e. The van der Waals surface area contributed by atoms with Crippen LogP contribution in [0.1, 0.15) is 36.3 Å². The first-order valence-corrected chi connectivity index (χ1v) is 8.06. The molecule has 0 unspecified atom stereocenters. The zero-order valence-corrected chi connectivity index (χ0v) is 13.6. The first kappa shape index (κ1) is 15.9. The van der Waals surface area contributed by atoms with Crippen molar-refractivity contribution in [3.8, 4) is 0 Å². The molecule has 0 bridgehead atoms. The fraction of sp³-hybridized carbons (Fsp3) is 0.211. The second-order valence-electron chi connectivity index (χ2n) is 5.69. The maximum absolute atomic E-state index is 12.4. The molecule has 124 valence electrons. The van der Waals surface area contributed by atoms with E-state index in [1.54, 1.807) is 11.0 Å². The predicted molar refractivity (Wildman–Crippen MR) is 96.1 cm³/mol. The Labute approximate surface area is 142 Å². The van der Waals surface area contributed by atoms with E-state index in [1.807, 2.05) is 42.5 Å². The van der Waals surface area contributed by atoms with Crippen LogP contribution in [0.25, 0.3) is 0 Å². The fourth-order valence-corrected chi connectivity index (χ4v) is 2.55. The van der Waals surface area contributed by atoms with Crippen molar-refractivity contribution in [2.75, 3.05) is 5.32 Å². The zero-order chi connectivity index (χ0) is 16.8. The van der Waals surface area contributed by atoms with Gasteiger partial charge in [-0.2, -0.15) is 5.10 Å². The third kappa shape index (κ3) is 4.07. The number of anilines is 1. The number of aryl methyl sites for hydroxylation is 1. The molecule has 0 aliphatic heterocycles. The number of aromatic nitrogens is 3. The molecule has 0 spiro atoms. The van der Waals surface area contributed by atoms with Gasteiger partial charge in [0.1, 0.15) is 12.7 Å². The summed E-state index contributed by atoms with van der Waals surface area (Å²) < 4.78 is 1.76. The van der Waals surface area contributed by atoms with Crippen LogP contribution in [0.4, 0.5) is 5.69 Å². The molecule has 0 fully saturated rings. The Hall–Kier alpha value is -2.95. The Morgan fingerprint density at radius 3 is 2.71 bits per heavy atom. The van der Waals surface area contributed by atoms with Gasteiger partial charge in [0.25, 0.3) is 5.91 Å². The van der Waals surface area contributed by atoms with Crippen LogP contribution >= 0.6 is 0 Å². The number of hydrogen-bond acceptors (Lipinski definition) is 3. The van der Waals surface area contributed by atoms with Crippen LogP contribution in [-0.4, -0.2) is 20.7 Å². The van der Waals surface area contributed by atoms with Gasteiger partial charge in [0.2, 0.25) is 0 Å². The van der Waals surface area contributed by atoms with E-state index in [9.17, 15) is 4.79 Å². The molecule has 24 heavy (non-hydrogen) atoms. The van der Waals surface area contributed by atoms with Crippen molar-refractivity contribution in [3.05, 3.63) is 77.9 Å². The lowest BCUT2D eigenvalue weighted by Gasteiger charge is -2.08. The molecule has 3 rings (SSSR count). The van der Waals surface area contributed by atoms with E-state index >= 15 is 0 Å². The Balaban J connectivity index is 0.00000225. The quantitative estimate of drug-likeness (QED) is 0.751. The second-order valence-corrected chi connectivity index (χ2v) is 5.69. The van der Waals surface area contributed by atoms with Gasteiger partial charge in [-0.1, -0.05) is 37.6 Å². The summed E-state index contributed by atoms with van der Waals surface area (Å²) in [5.74, 6) is -0.0861. The van der Waals surface area contributed by atoms with E-state index in [-0.39, 0.29) is 7.33 Å². The maximum Gasteiger partial charge on any atom is 0.255 e. The van der Waals surface area contributed by atoms with Gasteiger partial charge >= 0.3 is 0 Å². The number of hydrogen-bond donors (Lipinski definition) is 1. The van der Waals surface area contributed by atoms with E-state index in [2.05, 4.69) is 28.4 Å². The fourth-order valence-electron chi connectivity index (χ4n) is 2.55. The summed E-state index contributed by atoms with van der Waals surface area (Å²) in [5, 5.41) is 7.02. The molecule has 1 heterocycles. The van der Waals surface area contributed by atoms with Gasteiger partial charge in [0.15, 0.2) is 0 Å². The van der Waals surface area contributed by atoms with Crippen molar-refractivity contribution in [2.24, 2.45) is 0 Å². The molecule has 0 saturated heterocycles. The Kier molecular flexibility index (Phi) is 5.01. The minimum Gasteiger partial charge on any atom is -0.322 e. The predicted octanol–water partition coefficient (Wildman–Crippen LogP) is 3.78. The van der Waals surface area contributed by atoms with Gasteiger partial charge in [0.05, 0.1) is 6.54 Å². The number of amides is 1. The molecule has 0 aliphatic rings. The molecule has 1 N–H and O–H groups in total. The summed E-state index contributed by atoms with van der Waals surface area (Å²) in [6, 6.07) is 15.5. The average Bonchev–Trinajstić information content (AvgIpc) is 3.10. The summed E-state index contributed by atoms with van der Waals surface area (Å²) >= 11 is 0. The third-order valence-corrected chi connectivity index (χ3v) is 3.75. The van der Waals surface area contributed by atoms with Crippen molar-refractivity contribution >= 4 is 11.6 Å². The van der Waals surface area contributed by atoms with Crippen molar-refractivity contribution in [2.45, 2.75) is 26.3 Å². The number of carbonyl (C=O) groups excluding carboxylic acids is 1. The summed E-state index contributed by atoms with van der Waals surface area (Å²) in [6.45, 7) is 2.79.